The van der Waals surface area contributed by atoms with Crippen LogP contribution < -0.4 is 4.74 Å². The molecule has 4 aromatic rings. The quantitative estimate of drug-likeness (QED) is 0.206. The highest BCUT2D eigenvalue weighted by molar-refractivity contribution is 5.97. The number of nitrogens with zero attached hydrogens (tertiary/aromatic N) is 4. The van der Waals surface area contributed by atoms with Crippen molar-refractivity contribution < 1.29 is 22.7 Å². The van der Waals surface area contributed by atoms with Gasteiger partial charge in [0, 0.05) is 12.7 Å². The maximum atomic E-state index is 14.4. The number of halogens is 3. The van der Waals surface area contributed by atoms with Crippen molar-refractivity contribution in [2.24, 2.45) is 5.16 Å². The van der Waals surface area contributed by atoms with Gasteiger partial charge >= 0.3 is 0 Å². The van der Waals surface area contributed by atoms with E-state index in [1.807, 2.05) is 84.1 Å². The smallest absolute Gasteiger partial charge is 0.194 e. The molecule has 9 heteroatoms. The third-order valence-corrected chi connectivity index (χ3v) is 6.74. The Morgan fingerprint density at radius 1 is 0.976 bits per heavy atom. The summed E-state index contributed by atoms with van der Waals surface area (Å²) in [6.45, 7) is 4.43. The number of imidazole rings is 1. The van der Waals surface area contributed by atoms with Gasteiger partial charge in [-0.2, -0.15) is 0 Å². The second-order valence-corrected chi connectivity index (χ2v) is 9.51. The molecule has 41 heavy (non-hydrogen) atoms. The molecule has 3 aromatic carbocycles. The molecule has 0 amide bonds. The van der Waals surface area contributed by atoms with Gasteiger partial charge in [0.1, 0.15) is 5.75 Å². The van der Waals surface area contributed by atoms with Gasteiger partial charge in [-0.3, -0.25) is 0 Å². The van der Waals surface area contributed by atoms with Crippen LogP contribution in [-0.4, -0.2) is 33.9 Å². The van der Waals surface area contributed by atoms with Crippen LogP contribution in [0.15, 0.2) is 84.4 Å². The van der Waals surface area contributed by atoms with Gasteiger partial charge in [-0.05, 0) is 60.4 Å². The van der Waals surface area contributed by atoms with Crippen LogP contribution in [0.1, 0.15) is 55.3 Å². The number of rotatable bonds is 8. The van der Waals surface area contributed by atoms with Crippen molar-refractivity contribution in [3.05, 3.63) is 119 Å². The summed E-state index contributed by atoms with van der Waals surface area (Å²) in [6, 6.07) is 16.5. The van der Waals surface area contributed by atoms with E-state index in [0.717, 1.165) is 41.1 Å². The molecular formula is C32H33F3N4O2. The Hall–Kier alpha value is -4.53. The van der Waals surface area contributed by atoms with Crippen LogP contribution in [0.3, 0.4) is 0 Å². The summed E-state index contributed by atoms with van der Waals surface area (Å²) in [5, 5.41) is 4.40. The summed E-state index contributed by atoms with van der Waals surface area (Å²) in [5.41, 5.74) is 3.61. The summed E-state index contributed by atoms with van der Waals surface area (Å²) < 4.78 is 50.2. The minimum Gasteiger partial charge on any atom is -0.495 e. The van der Waals surface area contributed by atoms with Gasteiger partial charge < -0.3 is 19.0 Å². The molecule has 0 bridgehead atoms. The second kappa shape index (κ2) is 12.8. The van der Waals surface area contributed by atoms with Crippen molar-refractivity contribution in [3.63, 3.8) is 0 Å². The third-order valence-electron chi connectivity index (χ3n) is 6.74. The summed E-state index contributed by atoms with van der Waals surface area (Å²) in [6.07, 6.45) is 7.34. The SMILES string of the molecule is C.CCCN1C(/C=C/c2ccc(-n3cnc(C)c3)c(OC)c2)=NOC(c2ccccc2)[C@@H]1c1cc(F)c(F)c(F)c1. The standard InChI is InChI=1S/C31H29F3N4O2.CH4/c1-4-14-38-28(13-11-21-10-12-26(27(15-21)39-3)37-18-20(2)35-19-37)36-40-31(22-8-6-5-7-9-22)30(38)23-16-24(32)29(34)25(33)17-23;/h5-13,15-19,30-31H,4,14H2,1-3H3;1H4/b13-11+;/t30-,31?;/m0./s1. The van der Waals surface area contributed by atoms with E-state index in [1.165, 1.54) is 0 Å². The Labute approximate surface area is 238 Å². The average Bonchev–Trinajstić information content (AvgIpc) is 3.41. The number of benzene rings is 3. The predicted octanol–water partition coefficient (Wildman–Crippen LogP) is 7.79. The Morgan fingerprint density at radius 3 is 2.34 bits per heavy atom. The zero-order chi connectivity index (χ0) is 28.2. The number of aromatic nitrogens is 2. The van der Waals surface area contributed by atoms with Gasteiger partial charge in [-0.1, -0.05) is 62.0 Å². The molecule has 1 unspecified atom stereocenters. The van der Waals surface area contributed by atoms with Gasteiger partial charge in [-0.15, -0.1) is 0 Å². The molecular weight excluding hydrogens is 529 g/mol. The van der Waals surface area contributed by atoms with Crippen LogP contribution in [0.2, 0.25) is 0 Å². The fourth-order valence-corrected chi connectivity index (χ4v) is 4.87. The molecule has 214 valence electrons. The molecule has 5 rings (SSSR count). The van der Waals surface area contributed by atoms with E-state index in [4.69, 9.17) is 9.57 Å². The van der Waals surface area contributed by atoms with E-state index in [-0.39, 0.29) is 13.0 Å². The minimum absolute atomic E-state index is 0. The van der Waals surface area contributed by atoms with Crippen LogP contribution in [0, 0.1) is 24.4 Å². The van der Waals surface area contributed by atoms with Crippen LogP contribution in [0.25, 0.3) is 11.8 Å². The predicted molar refractivity (Wildman–Crippen MR) is 154 cm³/mol. The third kappa shape index (κ3) is 6.14. The lowest BCUT2D eigenvalue weighted by molar-refractivity contribution is -0.0206. The summed E-state index contributed by atoms with van der Waals surface area (Å²) in [5.74, 6) is -2.88. The molecule has 0 spiro atoms. The highest BCUT2D eigenvalue weighted by atomic mass is 19.2. The zero-order valence-electron chi connectivity index (χ0n) is 22.4. The zero-order valence-corrected chi connectivity index (χ0v) is 22.4. The van der Waals surface area contributed by atoms with Crippen LogP contribution in [0.4, 0.5) is 13.2 Å². The molecule has 0 aliphatic carbocycles. The van der Waals surface area contributed by atoms with Crippen LogP contribution in [-0.2, 0) is 4.84 Å². The van der Waals surface area contributed by atoms with E-state index < -0.39 is 29.6 Å². The van der Waals surface area contributed by atoms with Gasteiger partial charge in [0.25, 0.3) is 0 Å². The summed E-state index contributed by atoms with van der Waals surface area (Å²) >= 11 is 0. The van der Waals surface area contributed by atoms with E-state index >= 15 is 0 Å². The number of aryl methyl sites for hydroxylation is 1. The molecule has 1 aliphatic heterocycles. The second-order valence-electron chi connectivity index (χ2n) is 9.51. The average molecular weight is 563 g/mol. The molecule has 0 saturated heterocycles. The monoisotopic (exact) mass is 562 g/mol. The number of oxime groups is 1. The molecule has 6 nitrogen and oxygen atoms in total. The van der Waals surface area contributed by atoms with Gasteiger partial charge in [0.2, 0.25) is 0 Å². The molecule has 0 fully saturated rings. The van der Waals surface area contributed by atoms with Crippen molar-refractivity contribution in [3.8, 4) is 11.4 Å². The largest absolute Gasteiger partial charge is 0.495 e. The normalized spacial score (nSPS) is 16.7. The Kier molecular flexibility index (Phi) is 9.17. The molecule has 1 aliphatic rings. The molecule has 0 radical (unpaired) electrons. The molecule has 1 aromatic heterocycles. The molecule has 2 atom stereocenters. The Bertz CT molecular complexity index is 1530. The number of ether oxygens (including phenoxy) is 1. The van der Waals surface area contributed by atoms with Crippen LogP contribution in [0.5, 0.6) is 5.75 Å². The fraction of sp³-hybridized carbons (Fsp3) is 0.250. The first-order valence-corrected chi connectivity index (χ1v) is 13.0. The topological polar surface area (TPSA) is 51.9 Å². The number of amidine groups is 1. The maximum absolute atomic E-state index is 14.4. The first kappa shape index (κ1) is 29.5. The fourth-order valence-electron chi connectivity index (χ4n) is 4.87. The molecule has 2 heterocycles. The summed E-state index contributed by atoms with van der Waals surface area (Å²) in [4.78, 5) is 12.2. The van der Waals surface area contributed by atoms with E-state index in [1.54, 1.807) is 19.5 Å². The maximum Gasteiger partial charge on any atom is 0.194 e. The first-order chi connectivity index (χ1) is 19.4. The lowest BCUT2D eigenvalue weighted by atomic mass is 9.93. The lowest BCUT2D eigenvalue weighted by Crippen LogP contribution is -2.41. The first-order valence-electron chi connectivity index (χ1n) is 13.0. The summed E-state index contributed by atoms with van der Waals surface area (Å²) in [7, 11) is 1.60. The highest BCUT2D eigenvalue weighted by Crippen LogP contribution is 2.41. The van der Waals surface area contributed by atoms with Crippen molar-refractivity contribution in [2.45, 2.75) is 39.8 Å². The van der Waals surface area contributed by atoms with Gasteiger partial charge in [0.05, 0.1) is 30.9 Å². The van der Waals surface area contributed by atoms with E-state index in [0.29, 0.717) is 18.1 Å². The van der Waals surface area contributed by atoms with Gasteiger partial charge in [-0.25, -0.2) is 18.2 Å². The van der Waals surface area contributed by atoms with Crippen molar-refractivity contribution >= 4 is 11.9 Å². The van der Waals surface area contributed by atoms with E-state index in [2.05, 4.69) is 10.1 Å². The highest BCUT2D eigenvalue weighted by Gasteiger charge is 2.37. The molecule has 0 saturated carbocycles. The lowest BCUT2D eigenvalue weighted by Gasteiger charge is -2.40. The number of methoxy groups -OCH3 is 1. The van der Waals surface area contributed by atoms with E-state index in [9.17, 15) is 13.2 Å². The number of hydrogen-bond acceptors (Lipinski definition) is 5. The van der Waals surface area contributed by atoms with Crippen molar-refractivity contribution in [1.82, 2.24) is 14.5 Å². The van der Waals surface area contributed by atoms with Crippen molar-refractivity contribution in [1.29, 1.82) is 0 Å². The van der Waals surface area contributed by atoms with Crippen LogP contribution >= 0.6 is 0 Å². The Balaban J connectivity index is 0.00000387. The van der Waals surface area contributed by atoms with Crippen molar-refractivity contribution in [2.75, 3.05) is 13.7 Å². The number of hydrogen-bond donors (Lipinski definition) is 0. The Morgan fingerprint density at radius 2 is 1.71 bits per heavy atom. The minimum atomic E-state index is -1.50. The molecule has 0 N–H and O–H groups in total. The van der Waals surface area contributed by atoms with Gasteiger partial charge in [0.15, 0.2) is 29.4 Å².